The van der Waals surface area contributed by atoms with E-state index in [2.05, 4.69) is 25.2 Å². The van der Waals surface area contributed by atoms with Gasteiger partial charge in [-0.2, -0.15) is 0 Å². The van der Waals surface area contributed by atoms with Gasteiger partial charge in [0, 0.05) is 12.3 Å². The third kappa shape index (κ3) is 2.38. The van der Waals surface area contributed by atoms with Gasteiger partial charge in [-0.05, 0) is 35.4 Å². The lowest BCUT2D eigenvalue weighted by molar-refractivity contribution is -0.383. The van der Waals surface area contributed by atoms with Crippen molar-refractivity contribution in [2.75, 3.05) is 5.32 Å². The van der Waals surface area contributed by atoms with Gasteiger partial charge in [0.2, 0.25) is 5.52 Å². The average Bonchev–Trinajstić information content (AvgIpc) is 2.98. The molecule has 0 saturated heterocycles. The summed E-state index contributed by atoms with van der Waals surface area (Å²) < 4.78 is 4.62. The van der Waals surface area contributed by atoms with Crippen molar-refractivity contribution in [1.82, 2.24) is 15.3 Å². The van der Waals surface area contributed by atoms with Crippen LogP contribution in [0.25, 0.3) is 11.0 Å². The molecule has 8 nitrogen and oxygen atoms in total. The van der Waals surface area contributed by atoms with E-state index in [1.807, 2.05) is 25.1 Å². The van der Waals surface area contributed by atoms with Crippen LogP contribution in [0.1, 0.15) is 18.7 Å². The second-order valence-corrected chi connectivity index (χ2v) is 4.47. The van der Waals surface area contributed by atoms with E-state index in [9.17, 15) is 10.1 Å². The van der Waals surface area contributed by atoms with E-state index in [0.717, 1.165) is 5.69 Å². The van der Waals surface area contributed by atoms with Crippen LogP contribution in [0.15, 0.2) is 41.2 Å². The van der Waals surface area contributed by atoms with Crippen molar-refractivity contribution in [1.29, 1.82) is 0 Å². The van der Waals surface area contributed by atoms with Crippen molar-refractivity contribution >= 4 is 22.4 Å². The number of non-ortho nitro benzene ring substituents is 1. The Morgan fingerprint density at radius 1 is 1.24 bits per heavy atom. The first kappa shape index (κ1) is 13.0. The summed E-state index contributed by atoms with van der Waals surface area (Å²) in [5.41, 5.74) is 1.77. The van der Waals surface area contributed by atoms with E-state index in [-0.39, 0.29) is 17.2 Å². The van der Waals surface area contributed by atoms with Gasteiger partial charge >= 0.3 is 5.69 Å². The summed E-state index contributed by atoms with van der Waals surface area (Å²) >= 11 is 0. The molecule has 1 unspecified atom stereocenters. The fourth-order valence-corrected chi connectivity index (χ4v) is 2.06. The molecule has 0 spiro atoms. The van der Waals surface area contributed by atoms with Crippen molar-refractivity contribution in [3.8, 4) is 0 Å². The van der Waals surface area contributed by atoms with Crippen LogP contribution in [0.2, 0.25) is 0 Å². The zero-order valence-electron chi connectivity index (χ0n) is 11.1. The number of aromatic nitrogens is 3. The maximum absolute atomic E-state index is 10.9. The van der Waals surface area contributed by atoms with Crippen LogP contribution >= 0.6 is 0 Å². The molecule has 0 amide bonds. The molecule has 0 aliphatic rings. The number of nitrogens with zero attached hydrogens (tertiary/aromatic N) is 4. The Balaban J connectivity index is 1.97. The first-order valence-corrected chi connectivity index (χ1v) is 6.24. The normalized spacial score (nSPS) is 12.2. The third-order valence-electron chi connectivity index (χ3n) is 3.09. The van der Waals surface area contributed by atoms with Crippen molar-refractivity contribution in [3.05, 3.63) is 52.3 Å². The molecule has 21 heavy (non-hydrogen) atoms. The molecule has 3 rings (SSSR count). The lowest BCUT2D eigenvalue weighted by Crippen LogP contribution is -2.08. The van der Waals surface area contributed by atoms with Crippen LogP contribution in [0.5, 0.6) is 0 Å². The zero-order chi connectivity index (χ0) is 14.8. The molecular formula is C13H11N5O3. The fourth-order valence-electron chi connectivity index (χ4n) is 2.06. The van der Waals surface area contributed by atoms with E-state index in [0.29, 0.717) is 11.2 Å². The Bertz CT molecular complexity index is 787. The molecule has 0 bridgehead atoms. The third-order valence-corrected chi connectivity index (χ3v) is 3.09. The average molecular weight is 285 g/mol. The Kier molecular flexibility index (Phi) is 3.19. The summed E-state index contributed by atoms with van der Waals surface area (Å²) in [7, 11) is 0. The molecular weight excluding hydrogens is 274 g/mol. The molecule has 2 aromatic heterocycles. The smallest absolute Gasteiger partial charge is 0.300 e. The topological polar surface area (TPSA) is 107 Å². The molecule has 2 heterocycles. The lowest BCUT2D eigenvalue weighted by Gasteiger charge is -2.14. The number of nitro groups is 1. The Morgan fingerprint density at radius 3 is 2.76 bits per heavy atom. The predicted molar refractivity (Wildman–Crippen MR) is 74.7 cm³/mol. The van der Waals surface area contributed by atoms with Crippen molar-refractivity contribution in [2.45, 2.75) is 13.0 Å². The zero-order valence-corrected chi connectivity index (χ0v) is 11.1. The highest BCUT2D eigenvalue weighted by molar-refractivity contribution is 5.93. The number of nitrogens with one attached hydrogen (secondary N) is 1. The predicted octanol–water partition coefficient (Wildman–Crippen LogP) is 2.70. The van der Waals surface area contributed by atoms with Crippen LogP contribution in [-0.2, 0) is 0 Å². The minimum atomic E-state index is -0.515. The summed E-state index contributed by atoms with van der Waals surface area (Å²) in [5.74, 6) is 0. The number of pyridine rings is 1. The number of rotatable bonds is 4. The van der Waals surface area contributed by atoms with Crippen LogP contribution < -0.4 is 5.32 Å². The van der Waals surface area contributed by atoms with Gasteiger partial charge in [0.15, 0.2) is 5.52 Å². The van der Waals surface area contributed by atoms with Gasteiger partial charge in [0.1, 0.15) is 0 Å². The molecule has 0 saturated carbocycles. The first-order valence-electron chi connectivity index (χ1n) is 6.24. The van der Waals surface area contributed by atoms with Crippen molar-refractivity contribution < 1.29 is 9.55 Å². The Morgan fingerprint density at radius 2 is 2.05 bits per heavy atom. The van der Waals surface area contributed by atoms with Gasteiger partial charge in [0.05, 0.1) is 22.3 Å². The second-order valence-electron chi connectivity index (χ2n) is 4.47. The highest BCUT2D eigenvalue weighted by Gasteiger charge is 2.20. The quantitative estimate of drug-likeness (QED) is 0.580. The second kappa shape index (κ2) is 5.16. The van der Waals surface area contributed by atoms with Gasteiger partial charge in [-0.25, -0.2) is 4.63 Å². The van der Waals surface area contributed by atoms with Gasteiger partial charge in [-0.1, -0.05) is 6.07 Å². The summed E-state index contributed by atoms with van der Waals surface area (Å²) in [4.78, 5) is 14.7. The van der Waals surface area contributed by atoms with E-state index >= 15 is 0 Å². The highest BCUT2D eigenvalue weighted by atomic mass is 16.6. The SMILES string of the molecule is CC(Nc1ccc([N+](=O)[O-])c2nonc12)c1ccccn1. The maximum atomic E-state index is 10.9. The highest BCUT2D eigenvalue weighted by Crippen LogP contribution is 2.30. The molecule has 0 fully saturated rings. The first-order chi connectivity index (χ1) is 10.2. The molecule has 0 radical (unpaired) electrons. The van der Waals surface area contributed by atoms with Crippen molar-refractivity contribution in [3.63, 3.8) is 0 Å². The standard InChI is InChI=1S/C13H11N5O3/c1-8(9-4-2-3-7-14-9)15-10-5-6-11(18(19)20)13-12(10)16-21-17-13/h2-8,15H,1H3. The molecule has 0 aliphatic heterocycles. The molecule has 106 valence electrons. The molecule has 1 aromatic carbocycles. The number of benzene rings is 1. The van der Waals surface area contributed by atoms with Crippen molar-refractivity contribution in [2.24, 2.45) is 0 Å². The van der Waals surface area contributed by atoms with Crippen LogP contribution in [0.3, 0.4) is 0 Å². The van der Waals surface area contributed by atoms with Crippen LogP contribution in [0.4, 0.5) is 11.4 Å². The molecule has 1 N–H and O–H groups in total. The van der Waals surface area contributed by atoms with Gasteiger partial charge < -0.3 is 5.32 Å². The number of fused-ring (bicyclic) bond motifs is 1. The van der Waals surface area contributed by atoms with E-state index in [1.165, 1.54) is 6.07 Å². The molecule has 1 atom stereocenters. The van der Waals surface area contributed by atoms with Crippen LogP contribution in [-0.4, -0.2) is 20.2 Å². The van der Waals surface area contributed by atoms with Gasteiger partial charge in [-0.3, -0.25) is 15.1 Å². The largest absolute Gasteiger partial charge is 0.375 e. The summed E-state index contributed by atoms with van der Waals surface area (Å²) in [5, 5.41) is 21.5. The number of hydrogen-bond acceptors (Lipinski definition) is 7. The summed E-state index contributed by atoms with van der Waals surface area (Å²) in [6.07, 6.45) is 1.70. The van der Waals surface area contributed by atoms with E-state index < -0.39 is 4.92 Å². The molecule has 0 aliphatic carbocycles. The maximum Gasteiger partial charge on any atom is 0.300 e. The van der Waals surface area contributed by atoms with E-state index in [1.54, 1.807) is 12.3 Å². The lowest BCUT2D eigenvalue weighted by atomic mass is 10.1. The monoisotopic (exact) mass is 285 g/mol. The Labute approximate surface area is 118 Å². The summed E-state index contributed by atoms with van der Waals surface area (Å²) in [6, 6.07) is 8.49. The number of nitro benzene ring substituents is 1. The minimum Gasteiger partial charge on any atom is -0.375 e. The Hall–Kier alpha value is -3.03. The summed E-state index contributed by atoms with van der Waals surface area (Å²) in [6.45, 7) is 1.93. The number of hydrogen-bond donors (Lipinski definition) is 1. The molecule has 3 aromatic rings. The van der Waals surface area contributed by atoms with E-state index in [4.69, 9.17) is 0 Å². The van der Waals surface area contributed by atoms with Crippen LogP contribution in [0, 0.1) is 10.1 Å². The minimum absolute atomic E-state index is 0.0902. The fraction of sp³-hybridized carbons (Fsp3) is 0.154. The van der Waals surface area contributed by atoms with Gasteiger partial charge in [0.25, 0.3) is 0 Å². The van der Waals surface area contributed by atoms with Gasteiger partial charge in [-0.15, -0.1) is 0 Å². The molecule has 8 heteroatoms. The number of anilines is 1.